The van der Waals surface area contributed by atoms with Gasteiger partial charge in [0.05, 0.1) is 6.61 Å². The number of ether oxygens (including phenoxy) is 2. The number of aryl methyl sites for hydroxylation is 1. The molecule has 4 heteroatoms. The largest absolute Gasteiger partial charge is 0.439 e. The summed E-state index contributed by atoms with van der Waals surface area (Å²) < 4.78 is 10.9. The lowest BCUT2D eigenvalue weighted by Gasteiger charge is -2.09. The van der Waals surface area contributed by atoms with Crippen LogP contribution in [0.25, 0.3) is 0 Å². The molecule has 0 aliphatic carbocycles. The highest BCUT2D eigenvalue weighted by molar-refractivity contribution is 5.33. The average molecular weight is 272 g/mol. The molecular weight excluding hydrogens is 252 g/mol. The van der Waals surface area contributed by atoms with E-state index in [1.807, 2.05) is 36.4 Å². The summed E-state index contributed by atoms with van der Waals surface area (Å²) in [7, 11) is 1.67. The standard InChI is InChI=1S/C16H20N2O2/c1-3-14-7-13(10-17)9-16(18-14)20-15-6-4-5-12(8-15)11-19-2/h4-9H,3,10-11,17H2,1-2H3. The molecule has 0 radical (unpaired) electrons. The minimum Gasteiger partial charge on any atom is -0.439 e. The lowest BCUT2D eigenvalue weighted by molar-refractivity contribution is 0.184. The number of rotatable bonds is 6. The zero-order chi connectivity index (χ0) is 14.4. The molecule has 0 aliphatic rings. The number of pyridine rings is 1. The minimum absolute atomic E-state index is 0.482. The van der Waals surface area contributed by atoms with E-state index in [1.54, 1.807) is 7.11 Å². The molecule has 0 aliphatic heterocycles. The van der Waals surface area contributed by atoms with Gasteiger partial charge >= 0.3 is 0 Å². The van der Waals surface area contributed by atoms with Crippen LogP contribution in [-0.4, -0.2) is 12.1 Å². The Morgan fingerprint density at radius 2 is 2.00 bits per heavy atom. The second-order valence-corrected chi connectivity index (χ2v) is 4.55. The van der Waals surface area contributed by atoms with Gasteiger partial charge in [-0.2, -0.15) is 0 Å². The Hall–Kier alpha value is -1.91. The lowest BCUT2D eigenvalue weighted by atomic mass is 10.2. The first kappa shape index (κ1) is 14.5. The van der Waals surface area contributed by atoms with Crippen molar-refractivity contribution in [1.29, 1.82) is 0 Å². The van der Waals surface area contributed by atoms with Gasteiger partial charge in [0.25, 0.3) is 0 Å². The molecule has 1 aromatic carbocycles. The van der Waals surface area contributed by atoms with E-state index in [0.717, 1.165) is 29.0 Å². The maximum absolute atomic E-state index is 5.83. The summed E-state index contributed by atoms with van der Waals surface area (Å²) in [5.74, 6) is 1.34. The van der Waals surface area contributed by atoms with Crippen LogP contribution < -0.4 is 10.5 Å². The number of methoxy groups -OCH3 is 1. The quantitative estimate of drug-likeness (QED) is 0.878. The van der Waals surface area contributed by atoms with Gasteiger partial charge in [0.15, 0.2) is 0 Å². The van der Waals surface area contributed by atoms with Gasteiger partial charge in [0, 0.05) is 25.4 Å². The first-order valence-corrected chi connectivity index (χ1v) is 6.70. The van der Waals surface area contributed by atoms with Crippen molar-refractivity contribution in [3.63, 3.8) is 0 Å². The Labute approximate surface area is 119 Å². The van der Waals surface area contributed by atoms with Crippen molar-refractivity contribution >= 4 is 0 Å². The van der Waals surface area contributed by atoms with E-state index in [0.29, 0.717) is 19.0 Å². The SMILES string of the molecule is CCc1cc(CN)cc(Oc2cccc(COC)c2)n1. The Morgan fingerprint density at radius 3 is 2.70 bits per heavy atom. The Kier molecular flexibility index (Phi) is 5.09. The van der Waals surface area contributed by atoms with Gasteiger partial charge < -0.3 is 15.2 Å². The molecule has 2 N–H and O–H groups in total. The number of hydrogen-bond acceptors (Lipinski definition) is 4. The minimum atomic E-state index is 0.482. The molecule has 2 aromatic rings. The number of aromatic nitrogens is 1. The molecule has 0 fully saturated rings. The smallest absolute Gasteiger partial charge is 0.219 e. The average Bonchev–Trinajstić information content (AvgIpc) is 2.47. The molecule has 2 rings (SSSR count). The number of nitrogens with zero attached hydrogens (tertiary/aromatic N) is 1. The van der Waals surface area contributed by atoms with Gasteiger partial charge in [-0.3, -0.25) is 0 Å². The summed E-state index contributed by atoms with van der Waals surface area (Å²) >= 11 is 0. The van der Waals surface area contributed by atoms with Crippen molar-refractivity contribution < 1.29 is 9.47 Å². The maximum atomic E-state index is 5.83. The summed E-state index contributed by atoms with van der Waals surface area (Å²) in [5.41, 5.74) is 8.78. The van der Waals surface area contributed by atoms with Crippen molar-refractivity contribution in [3.8, 4) is 11.6 Å². The number of nitrogens with two attached hydrogens (primary N) is 1. The third-order valence-corrected chi connectivity index (χ3v) is 2.94. The van der Waals surface area contributed by atoms with E-state index in [2.05, 4.69) is 11.9 Å². The molecule has 0 atom stereocenters. The number of benzene rings is 1. The molecule has 0 unspecified atom stereocenters. The third kappa shape index (κ3) is 3.79. The van der Waals surface area contributed by atoms with E-state index in [4.69, 9.17) is 15.2 Å². The Bertz CT molecular complexity index is 548. The summed E-state index contributed by atoms with van der Waals surface area (Å²) in [5, 5.41) is 0. The van der Waals surface area contributed by atoms with Crippen molar-refractivity contribution in [1.82, 2.24) is 4.98 Å². The van der Waals surface area contributed by atoms with Crippen LogP contribution in [-0.2, 0) is 24.3 Å². The monoisotopic (exact) mass is 272 g/mol. The molecule has 1 heterocycles. The van der Waals surface area contributed by atoms with Crippen molar-refractivity contribution in [2.24, 2.45) is 5.73 Å². The van der Waals surface area contributed by atoms with Gasteiger partial charge in [-0.1, -0.05) is 19.1 Å². The van der Waals surface area contributed by atoms with Crippen molar-refractivity contribution in [2.75, 3.05) is 7.11 Å². The Morgan fingerprint density at radius 1 is 1.15 bits per heavy atom. The fourth-order valence-corrected chi connectivity index (χ4v) is 1.96. The van der Waals surface area contributed by atoms with Crippen molar-refractivity contribution in [2.45, 2.75) is 26.5 Å². The van der Waals surface area contributed by atoms with Crippen LogP contribution in [0.1, 0.15) is 23.7 Å². The fraction of sp³-hybridized carbons (Fsp3) is 0.312. The van der Waals surface area contributed by atoms with Crippen LogP contribution in [0, 0.1) is 0 Å². The van der Waals surface area contributed by atoms with Crippen LogP contribution >= 0.6 is 0 Å². The van der Waals surface area contributed by atoms with Gasteiger partial charge in [-0.15, -0.1) is 0 Å². The molecule has 0 amide bonds. The van der Waals surface area contributed by atoms with Gasteiger partial charge in [0.1, 0.15) is 5.75 Å². The van der Waals surface area contributed by atoms with Gasteiger partial charge in [0.2, 0.25) is 5.88 Å². The number of hydrogen-bond donors (Lipinski definition) is 1. The summed E-state index contributed by atoms with van der Waals surface area (Å²) in [4.78, 5) is 4.46. The first-order valence-electron chi connectivity index (χ1n) is 6.70. The highest BCUT2D eigenvalue weighted by atomic mass is 16.5. The zero-order valence-corrected chi connectivity index (χ0v) is 11.9. The van der Waals surface area contributed by atoms with Crippen LogP contribution in [0.5, 0.6) is 11.6 Å². The second kappa shape index (κ2) is 7.03. The van der Waals surface area contributed by atoms with Gasteiger partial charge in [-0.25, -0.2) is 4.98 Å². The zero-order valence-electron chi connectivity index (χ0n) is 11.9. The fourth-order valence-electron chi connectivity index (χ4n) is 1.96. The molecule has 0 spiro atoms. The van der Waals surface area contributed by atoms with E-state index < -0.39 is 0 Å². The van der Waals surface area contributed by atoms with Crippen LogP contribution in [0.2, 0.25) is 0 Å². The van der Waals surface area contributed by atoms with Crippen LogP contribution in [0.4, 0.5) is 0 Å². The summed E-state index contributed by atoms with van der Waals surface area (Å²) in [6.07, 6.45) is 0.855. The molecule has 1 aromatic heterocycles. The predicted molar refractivity (Wildman–Crippen MR) is 78.7 cm³/mol. The molecule has 0 saturated heterocycles. The first-order chi connectivity index (χ1) is 9.75. The molecule has 20 heavy (non-hydrogen) atoms. The molecule has 0 bridgehead atoms. The van der Waals surface area contributed by atoms with Crippen LogP contribution in [0.3, 0.4) is 0 Å². The van der Waals surface area contributed by atoms with Gasteiger partial charge in [-0.05, 0) is 35.7 Å². The normalized spacial score (nSPS) is 10.6. The van der Waals surface area contributed by atoms with E-state index >= 15 is 0 Å². The van der Waals surface area contributed by atoms with E-state index in [9.17, 15) is 0 Å². The summed E-state index contributed by atoms with van der Waals surface area (Å²) in [6.45, 7) is 3.11. The Balaban J connectivity index is 2.22. The molecular formula is C16H20N2O2. The molecule has 0 saturated carbocycles. The lowest BCUT2D eigenvalue weighted by Crippen LogP contribution is -2.01. The van der Waals surface area contributed by atoms with E-state index in [-0.39, 0.29) is 0 Å². The molecule has 106 valence electrons. The highest BCUT2D eigenvalue weighted by Crippen LogP contribution is 2.22. The highest BCUT2D eigenvalue weighted by Gasteiger charge is 2.04. The maximum Gasteiger partial charge on any atom is 0.219 e. The molecule has 4 nitrogen and oxygen atoms in total. The second-order valence-electron chi connectivity index (χ2n) is 4.55. The summed E-state index contributed by atoms with van der Waals surface area (Å²) in [6, 6.07) is 11.7. The van der Waals surface area contributed by atoms with E-state index in [1.165, 1.54) is 0 Å². The topological polar surface area (TPSA) is 57.4 Å². The predicted octanol–water partition coefficient (Wildman–Crippen LogP) is 3.04. The van der Waals surface area contributed by atoms with Crippen molar-refractivity contribution in [3.05, 3.63) is 53.2 Å². The van der Waals surface area contributed by atoms with Crippen LogP contribution in [0.15, 0.2) is 36.4 Å². The third-order valence-electron chi connectivity index (χ3n) is 2.94.